The van der Waals surface area contributed by atoms with Crippen LogP contribution in [-0.4, -0.2) is 35.3 Å². The Bertz CT molecular complexity index is 1500. The van der Waals surface area contributed by atoms with E-state index in [4.69, 9.17) is 5.26 Å². The average molecular weight is 527 g/mol. The zero-order chi connectivity index (χ0) is 27.0. The molecule has 38 heavy (non-hydrogen) atoms. The Hall–Kier alpha value is -4.36. The first-order valence-corrected chi connectivity index (χ1v) is 13.3. The van der Waals surface area contributed by atoms with Crippen LogP contribution in [0.25, 0.3) is 0 Å². The van der Waals surface area contributed by atoms with E-state index in [0.717, 1.165) is 0 Å². The van der Waals surface area contributed by atoms with Crippen LogP contribution < -0.4 is 5.32 Å². The van der Waals surface area contributed by atoms with Crippen LogP contribution in [0.5, 0.6) is 0 Å². The second-order valence-electron chi connectivity index (χ2n) is 8.56. The van der Waals surface area contributed by atoms with Crippen molar-refractivity contribution < 1.29 is 18.3 Å². The number of nitriles is 1. The van der Waals surface area contributed by atoms with Gasteiger partial charge in [0.15, 0.2) is 0 Å². The second-order valence-corrected chi connectivity index (χ2v) is 10.5. The maximum absolute atomic E-state index is 13.5. The summed E-state index contributed by atoms with van der Waals surface area (Å²) in [5, 5.41) is 22.0. The summed E-state index contributed by atoms with van der Waals surface area (Å²) in [5.74, 6) is -0.345. The van der Waals surface area contributed by atoms with Gasteiger partial charge in [-0.15, -0.1) is 0 Å². The third kappa shape index (κ3) is 6.69. The second kappa shape index (κ2) is 12.3. The highest BCUT2D eigenvalue weighted by molar-refractivity contribution is 7.89. The SMILES string of the molecule is N#Cc1ccc(S(=O)(=O)N(Cc2ccc(C(=O)NCC(O)c3ccccc3)cc2)Cc2ccccn2)cc1. The van der Waals surface area contributed by atoms with E-state index in [1.54, 1.807) is 60.8 Å². The number of aliphatic hydroxyl groups is 1. The van der Waals surface area contributed by atoms with Crippen molar-refractivity contribution >= 4 is 15.9 Å². The van der Waals surface area contributed by atoms with Gasteiger partial charge >= 0.3 is 0 Å². The molecule has 0 radical (unpaired) electrons. The molecular formula is C29H26N4O4S. The molecular weight excluding hydrogens is 500 g/mol. The number of amides is 1. The lowest BCUT2D eigenvalue weighted by atomic mass is 10.1. The number of nitrogens with one attached hydrogen (secondary N) is 1. The van der Waals surface area contributed by atoms with E-state index >= 15 is 0 Å². The minimum Gasteiger partial charge on any atom is -0.387 e. The maximum atomic E-state index is 13.5. The van der Waals surface area contributed by atoms with Crippen LogP contribution in [-0.2, 0) is 23.1 Å². The van der Waals surface area contributed by atoms with Gasteiger partial charge in [0.2, 0.25) is 10.0 Å². The third-order valence-corrected chi connectivity index (χ3v) is 7.71. The molecule has 0 aliphatic carbocycles. The first-order valence-electron chi connectivity index (χ1n) is 11.9. The number of carbonyl (C=O) groups is 1. The first-order chi connectivity index (χ1) is 18.4. The summed E-state index contributed by atoms with van der Waals surface area (Å²) < 4.78 is 28.3. The van der Waals surface area contributed by atoms with Crippen LogP contribution in [0.3, 0.4) is 0 Å². The summed E-state index contributed by atoms with van der Waals surface area (Å²) in [7, 11) is -3.92. The molecule has 0 fully saturated rings. The van der Waals surface area contributed by atoms with Crippen molar-refractivity contribution in [1.82, 2.24) is 14.6 Å². The van der Waals surface area contributed by atoms with E-state index in [2.05, 4.69) is 10.3 Å². The summed E-state index contributed by atoms with van der Waals surface area (Å²) >= 11 is 0. The predicted octanol–water partition coefficient (Wildman–Crippen LogP) is 3.81. The molecule has 0 aliphatic rings. The van der Waals surface area contributed by atoms with E-state index in [0.29, 0.717) is 27.9 Å². The molecule has 0 aliphatic heterocycles. The van der Waals surface area contributed by atoms with Gasteiger partial charge in [-0.3, -0.25) is 9.78 Å². The Morgan fingerprint density at radius 3 is 2.24 bits per heavy atom. The number of nitrogens with zero attached hydrogens (tertiary/aromatic N) is 3. The number of hydrogen-bond acceptors (Lipinski definition) is 6. The van der Waals surface area contributed by atoms with Crippen LogP contribution in [0.2, 0.25) is 0 Å². The molecule has 0 saturated heterocycles. The van der Waals surface area contributed by atoms with Crippen LogP contribution in [0.1, 0.15) is 38.8 Å². The van der Waals surface area contributed by atoms with Crippen molar-refractivity contribution in [3.8, 4) is 6.07 Å². The number of benzene rings is 3. The van der Waals surface area contributed by atoms with Gasteiger partial charge in [0.25, 0.3) is 5.91 Å². The van der Waals surface area contributed by atoms with Gasteiger partial charge in [-0.2, -0.15) is 9.57 Å². The van der Waals surface area contributed by atoms with E-state index in [-0.39, 0.29) is 30.4 Å². The van der Waals surface area contributed by atoms with Gasteiger partial charge in [-0.25, -0.2) is 8.42 Å². The Balaban J connectivity index is 1.48. The Kier molecular flexibility index (Phi) is 8.61. The van der Waals surface area contributed by atoms with Crippen molar-refractivity contribution in [2.75, 3.05) is 6.54 Å². The number of hydrogen-bond donors (Lipinski definition) is 2. The molecule has 192 valence electrons. The molecule has 1 atom stereocenters. The molecule has 4 aromatic rings. The molecule has 4 rings (SSSR count). The van der Waals surface area contributed by atoms with Gasteiger partial charge in [0.1, 0.15) is 0 Å². The highest BCUT2D eigenvalue weighted by Crippen LogP contribution is 2.22. The number of aliphatic hydroxyl groups excluding tert-OH is 1. The fourth-order valence-corrected chi connectivity index (χ4v) is 5.20. The summed E-state index contributed by atoms with van der Waals surface area (Å²) in [4.78, 5) is 16.9. The lowest BCUT2D eigenvalue weighted by Crippen LogP contribution is -2.31. The zero-order valence-electron chi connectivity index (χ0n) is 20.4. The van der Waals surface area contributed by atoms with E-state index < -0.39 is 16.1 Å². The minimum atomic E-state index is -3.92. The first kappa shape index (κ1) is 26.7. The topological polar surface area (TPSA) is 123 Å². The molecule has 8 nitrogen and oxygen atoms in total. The molecule has 0 saturated carbocycles. The van der Waals surface area contributed by atoms with Crippen LogP contribution >= 0.6 is 0 Å². The minimum absolute atomic E-state index is 0.0444. The van der Waals surface area contributed by atoms with Gasteiger partial charge in [0.05, 0.1) is 34.9 Å². The molecule has 1 unspecified atom stereocenters. The van der Waals surface area contributed by atoms with Crippen molar-refractivity contribution in [2.45, 2.75) is 24.1 Å². The largest absolute Gasteiger partial charge is 0.387 e. The van der Waals surface area contributed by atoms with Crippen LogP contribution in [0, 0.1) is 11.3 Å². The van der Waals surface area contributed by atoms with Crippen LogP contribution in [0.15, 0.2) is 108 Å². The molecule has 1 aromatic heterocycles. The molecule has 1 amide bonds. The lowest BCUT2D eigenvalue weighted by Gasteiger charge is -2.22. The number of pyridine rings is 1. The normalized spacial score (nSPS) is 12.0. The summed E-state index contributed by atoms with van der Waals surface area (Å²) in [6.07, 6.45) is 0.774. The van der Waals surface area contributed by atoms with Crippen molar-refractivity contribution in [3.63, 3.8) is 0 Å². The Morgan fingerprint density at radius 1 is 0.921 bits per heavy atom. The summed E-state index contributed by atoms with van der Waals surface area (Å²) in [6.45, 7) is 0.154. The van der Waals surface area contributed by atoms with Gasteiger partial charge in [-0.05, 0) is 59.7 Å². The predicted molar refractivity (Wildman–Crippen MR) is 142 cm³/mol. The molecule has 9 heteroatoms. The Morgan fingerprint density at radius 2 is 1.61 bits per heavy atom. The summed E-state index contributed by atoms with van der Waals surface area (Å²) in [6, 6.07) is 28.7. The van der Waals surface area contributed by atoms with Crippen molar-refractivity contribution in [2.24, 2.45) is 0 Å². The maximum Gasteiger partial charge on any atom is 0.251 e. The fraction of sp³-hybridized carbons (Fsp3) is 0.138. The number of aromatic nitrogens is 1. The molecule has 1 heterocycles. The quantitative estimate of drug-likeness (QED) is 0.324. The van der Waals surface area contributed by atoms with Crippen molar-refractivity contribution in [1.29, 1.82) is 5.26 Å². The number of sulfonamides is 1. The van der Waals surface area contributed by atoms with Gasteiger partial charge < -0.3 is 10.4 Å². The van der Waals surface area contributed by atoms with Gasteiger partial charge in [0, 0.05) is 24.8 Å². The third-order valence-electron chi connectivity index (χ3n) is 5.90. The average Bonchev–Trinajstić information content (AvgIpc) is 2.96. The smallest absolute Gasteiger partial charge is 0.251 e. The number of rotatable bonds is 10. The van der Waals surface area contributed by atoms with Gasteiger partial charge in [-0.1, -0.05) is 48.5 Å². The Labute approximate surface area is 221 Å². The molecule has 3 aromatic carbocycles. The molecule has 2 N–H and O–H groups in total. The molecule has 0 spiro atoms. The lowest BCUT2D eigenvalue weighted by molar-refractivity contribution is 0.0916. The van der Waals surface area contributed by atoms with Crippen molar-refractivity contribution in [3.05, 3.63) is 131 Å². The van der Waals surface area contributed by atoms with Crippen LogP contribution in [0.4, 0.5) is 0 Å². The summed E-state index contributed by atoms with van der Waals surface area (Å²) in [5.41, 5.74) is 2.72. The van der Waals surface area contributed by atoms with E-state index in [1.807, 2.05) is 24.3 Å². The fourth-order valence-electron chi connectivity index (χ4n) is 3.80. The highest BCUT2D eigenvalue weighted by atomic mass is 32.2. The highest BCUT2D eigenvalue weighted by Gasteiger charge is 2.25. The molecule has 0 bridgehead atoms. The zero-order valence-corrected chi connectivity index (χ0v) is 21.3. The van der Waals surface area contributed by atoms with E-state index in [1.165, 1.54) is 28.6 Å². The van der Waals surface area contributed by atoms with E-state index in [9.17, 15) is 18.3 Å². The monoisotopic (exact) mass is 526 g/mol. The number of carbonyl (C=O) groups excluding carboxylic acids is 1. The standard InChI is InChI=1S/C29H26N4O4S/c30-18-22-11-15-27(16-12-22)38(36,37)33(21-26-8-4-5-17-31-26)20-23-9-13-25(14-10-23)29(35)32-19-28(34)24-6-2-1-3-7-24/h1-17,28,34H,19-21H2,(H,32,35).